The molecule has 0 amide bonds. The van der Waals surface area contributed by atoms with Crippen LogP contribution in [0.1, 0.15) is 29.7 Å². The third-order valence-electron chi connectivity index (χ3n) is 7.83. The Morgan fingerprint density at radius 3 is 2.20 bits per heavy atom. The lowest BCUT2D eigenvalue weighted by molar-refractivity contribution is 0.327. The molecule has 6 rings (SSSR count). The highest BCUT2D eigenvalue weighted by Gasteiger charge is 2.32. The summed E-state index contributed by atoms with van der Waals surface area (Å²) in [6.45, 7) is 3.93. The van der Waals surface area contributed by atoms with Crippen LogP contribution in [-0.2, 0) is 13.1 Å². The number of aromatic nitrogens is 3. The fourth-order valence-electron chi connectivity index (χ4n) is 5.55. The Morgan fingerprint density at radius 1 is 0.978 bits per heavy atom. The van der Waals surface area contributed by atoms with Gasteiger partial charge in [-0.1, -0.05) is 41.9 Å². The molecule has 1 aliphatic heterocycles. The highest BCUT2D eigenvalue weighted by atomic mass is 79.9. The summed E-state index contributed by atoms with van der Waals surface area (Å²) in [4.78, 5) is 17.9. The third-order valence-corrected chi connectivity index (χ3v) is 9.33. The van der Waals surface area contributed by atoms with Gasteiger partial charge in [0.1, 0.15) is 40.3 Å². The van der Waals surface area contributed by atoms with Gasteiger partial charge in [0.2, 0.25) is 5.28 Å². The van der Waals surface area contributed by atoms with Gasteiger partial charge in [-0.2, -0.15) is 4.98 Å². The van der Waals surface area contributed by atoms with Gasteiger partial charge in [-0.15, -0.1) is 0 Å². The minimum absolute atomic E-state index is 0.0300. The first-order chi connectivity index (χ1) is 21.8. The van der Waals surface area contributed by atoms with E-state index < -0.39 is 5.82 Å². The smallest absolute Gasteiger partial charge is 0.225 e. The Morgan fingerprint density at radius 2 is 1.60 bits per heavy atom. The summed E-state index contributed by atoms with van der Waals surface area (Å²) in [5, 5.41) is 0.407. The summed E-state index contributed by atoms with van der Waals surface area (Å²) >= 11 is 16.2. The van der Waals surface area contributed by atoms with E-state index in [1.807, 2.05) is 65.6 Å². The van der Waals surface area contributed by atoms with Crippen LogP contribution < -0.4 is 24.0 Å². The number of halogens is 4. The summed E-state index contributed by atoms with van der Waals surface area (Å²) in [5.74, 6) is 2.48. The molecular formula is C33H29BrCl2FN5O3. The van der Waals surface area contributed by atoms with E-state index in [-0.39, 0.29) is 32.9 Å². The van der Waals surface area contributed by atoms with E-state index >= 15 is 4.39 Å². The minimum Gasteiger partial charge on any atom is -0.497 e. The molecule has 12 heteroatoms. The van der Waals surface area contributed by atoms with E-state index in [1.54, 1.807) is 20.4 Å². The van der Waals surface area contributed by atoms with E-state index in [9.17, 15) is 0 Å². The molecule has 1 aliphatic rings. The normalized spacial score (nSPS) is 13.3. The molecular weight excluding hydrogens is 684 g/mol. The second kappa shape index (κ2) is 13.2. The zero-order valence-electron chi connectivity index (χ0n) is 24.7. The number of ether oxygens (including phenoxy) is 3. The van der Waals surface area contributed by atoms with Crippen LogP contribution in [0.2, 0.25) is 10.3 Å². The number of anilines is 2. The van der Waals surface area contributed by atoms with Crippen LogP contribution >= 0.6 is 39.1 Å². The van der Waals surface area contributed by atoms with Crippen LogP contribution in [0.3, 0.4) is 0 Å². The number of hydrogen-bond acceptors (Lipinski definition) is 8. The number of pyridine rings is 1. The molecule has 5 aromatic rings. The average molecular weight is 713 g/mol. The Labute approximate surface area is 278 Å². The van der Waals surface area contributed by atoms with Crippen molar-refractivity contribution in [1.29, 1.82) is 0 Å². The van der Waals surface area contributed by atoms with Crippen molar-refractivity contribution < 1.29 is 18.6 Å². The monoisotopic (exact) mass is 711 g/mol. The summed E-state index contributed by atoms with van der Waals surface area (Å²) < 4.78 is 32.3. The molecule has 3 heterocycles. The molecule has 0 spiro atoms. The molecule has 0 saturated heterocycles. The second-order valence-electron chi connectivity index (χ2n) is 10.5. The molecule has 1 unspecified atom stereocenters. The third kappa shape index (κ3) is 6.19. The Hall–Kier alpha value is -3.86. The summed E-state index contributed by atoms with van der Waals surface area (Å²) in [5.41, 5.74) is 3.15. The van der Waals surface area contributed by atoms with E-state index in [2.05, 4.69) is 37.7 Å². The molecule has 3 aromatic carbocycles. The molecule has 1 atom stereocenters. The maximum Gasteiger partial charge on any atom is 0.225 e. The summed E-state index contributed by atoms with van der Waals surface area (Å²) in [6.07, 6.45) is 1.79. The van der Waals surface area contributed by atoms with Crippen molar-refractivity contribution in [2.75, 3.05) is 37.2 Å². The van der Waals surface area contributed by atoms with Crippen LogP contribution in [-0.4, -0.2) is 42.3 Å². The average Bonchev–Trinajstić information content (AvgIpc) is 3.26. The molecule has 0 bridgehead atoms. The molecule has 0 saturated carbocycles. The lowest BCUT2D eigenvalue weighted by Gasteiger charge is -2.33. The standard InChI is InChI=1S/C33H29BrCl2FN5O3/c1-19(42-15-16-45-30-25-29(28(37)26(34)27(30)35)39-33(36)40-32(25)42)24-5-4-14-38-31(24)41(17-20-6-10-22(43-2)11-7-20)18-21-8-12-23(44-3)13-9-21/h4-14,19H,15-18H2,1-3H3. The highest BCUT2D eigenvalue weighted by Crippen LogP contribution is 2.47. The summed E-state index contributed by atoms with van der Waals surface area (Å²) in [7, 11) is 3.30. The van der Waals surface area contributed by atoms with Crippen molar-refractivity contribution in [2.45, 2.75) is 26.1 Å². The van der Waals surface area contributed by atoms with Crippen LogP contribution in [0.25, 0.3) is 10.9 Å². The van der Waals surface area contributed by atoms with Crippen molar-refractivity contribution in [3.63, 3.8) is 0 Å². The molecule has 0 radical (unpaired) electrons. The largest absolute Gasteiger partial charge is 0.497 e. The van der Waals surface area contributed by atoms with Gasteiger partial charge < -0.3 is 24.0 Å². The molecule has 0 aliphatic carbocycles. The van der Waals surface area contributed by atoms with Crippen LogP contribution in [0.15, 0.2) is 71.3 Å². The number of hydrogen-bond donors (Lipinski definition) is 0. The number of nitrogens with zero attached hydrogens (tertiary/aromatic N) is 5. The predicted molar refractivity (Wildman–Crippen MR) is 179 cm³/mol. The first kappa shape index (κ1) is 31.1. The quantitative estimate of drug-likeness (QED) is 0.111. The Bertz CT molecular complexity index is 1800. The number of rotatable bonds is 9. The van der Waals surface area contributed by atoms with Gasteiger partial charge >= 0.3 is 0 Å². The van der Waals surface area contributed by atoms with E-state index in [1.165, 1.54) is 0 Å². The van der Waals surface area contributed by atoms with E-state index in [0.29, 0.717) is 36.6 Å². The zero-order valence-corrected chi connectivity index (χ0v) is 27.8. The molecule has 2 aromatic heterocycles. The van der Waals surface area contributed by atoms with Gasteiger partial charge in [0.05, 0.1) is 36.7 Å². The van der Waals surface area contributed by atoms with Gasteiger partial charge in [0, 0.05) is 24.8 Å². The van der Waals surface area contributed by atoms with Crippen molar-refractivity contribution in [3.8, 4) is 17.2 Å². The van der Waals surface area contributed by atoms with Crippen LogP contribution in [0.4, 0.5) is 16.0 Å². The first-order valence-corrected chi connectivity index (χ1v) is 15.7. The molecule has 45 heavy (non-hydrogen) atoms. The number of methoxy groups -OCH3 is 2. The highest BCUT2D eigenvalue weighted by molar-refractivity contribution is 9.10. The fourth-order valence-corrected chi connectivity index (χ4v) is 6.31. The van der Waals surface area contributed by atoms with E-state index in [4.69, 9.17) is 42.4 Å². The fraction of sp³-hybridized carbons (Fsp3) is 0.242. The topological polar surface area (TPSA) is 72.8 Å². The van der Waals surface area contributed by atoms with E-state index in [0.717, 1.165) is 34.0 Å². The van der Waals surface area contributed by atoms with Gasteiger partial charge in [0.25, 0.3) is 0 Å². The first-order valence-electron chi connectivity index (χ1n) is 14.2. The van der Waals surface area contributed by atoms with Gasteiger partial charge in [-0.3, -0.25) is 0 Å². The lowest BCUT2D eigenvalue weighted by atomic mass is 10.0. The molecule has 0 fully saturated rings. The van der Waals surface area contributed by atoms with Crippen molar-refractivity contribution in [2.24, 2.45) is 0 Å². The van der Waals surface area contributed by atoms with Gasteiger partial charge in [0.15, 0.2) is 11.6 Å². The predicted octanol–water partition coefficient (Wildman–Crippen LogP) is 8.42. The minimum atomic E-state index is -0.630. The Kier molecular flexibility index (Phi) is 9.16. The maximum atomic E-state index is 15.4. The second-order valence-corrected chi connectivity index (χ2v) is 12.0. The Balaban J connectivity index is 1.44. The molecule has 0 N–H and O–H groups in total. The van der Waals surface area contributed by atoms with Crippen molar-refractivity contribution >= 4 is 61.7 Å². The SMILES string of the molecule is COc1ccc(CN(Cc2ccc(OC)cc2)c2ncccc2C(C)N2CCOc3c(Cl)c(Br)c(F)c4nc(Cl)nc2c34)cc1. The van der Waals surface area contributed by atoms with Crippen LogP contribution in [0, 0.1) is 5.82 Å². The molecule has 232 valence electrons. The summed E-state index contributed by atoms with van der Waals surface area (Å²) in [6, 6.07) is 19.7. The lowest BCUT2D eigenvalue weighted by Crippen LogP contribution is -2.33. The van der Waals surface area contributed by atoms with Gasteiger partial charge in [-0.25, -0.2) is 14.4 Å². The molecule has 8 nitrogen and oxygen atoms in total. The van der Waals surface area contributed by atoms with Gasteiger partial charge in [-0.05, 0) is 75.9 Å². The van der Waals surface area contributed by atoms with Crippen molar-refractivity contribution in [1.82, 2.24) is 15.0 Å². The van der Waals surface area contributed by atoms with Crippen LogP contribution in [0.5, 0.6) is 17.2 Å². The zero-order chi connectivity index (χ0) is 31.7. The van der Waals surface area contributed by atoms with Crippen molar-refractivity contribution in [3.05, 3.63) is 104 Å². The maximum absolute atomic E-state index is 15.4. The number of benzene rings is 3.